The number of allylic oxidation sites excluding steroid dienone is 2. The van der Waals surface area contributed by atoms with Gasteiger partial charge in [0.1, 0.15) is 0 Å². The van der Waals surface area contributed by atoms with Crippen LogP contribution in [0.5, 0.6) is 0 Å². The van der Waals surface area contributed by atoms with E-state index in [1.807, 2.05) is 0 Å². The number of fused-ring (bicyclic) bond motifs is 5. The van der Waals surface area contributed by atoms with Crippen molar-refractivity contribution in [2.75, 3.05) is 6.61 Å². The lowest BCUT2D eigenvalue weighted by atomic mass is 9.47. The Balaban J connectivity index is 1.38. The molecule has 0 saturated heterocycles. The summed E-state index contributed by atoms with van der Waals surface area (Å²) in [6.07, 6.45) is 19.4. The molecule has 3 saturated carbocycles. The van der Waals surface area contributed by atoms with Crippen LogP contribution >= 0.6 is 0 Å². The van der Waals surface area contributed by atoms with E-state index in [1.54, 1.807) is 5.57 Å². The second kappa shape index (κ2) is 12.1. The summed E-state index contributed by atoms with van der Waals surface area (Å²) in [5.74, 6) is 2.63. The Bertz CT molecular complexity index is 1040. The van der Waals surface area contributed by atoms with Crippen LogP contribution in [0, 0.1) is 34.5 Å². The highest BCUT2D eigenvalue weighted by atomic mass is 28.4. The normalized spacial score (nSPS) is 37.0. The molecule has 0 aromatic carbocycles. The Morgan fingerprint density at radius 1 is 0.884 bits per heavy atom. The molecule has 0 heterocycles. The largest absolute Gasteiger partial charge is 0.417 e. The molecule has 1 unspecified atom stereocenters. The fourth-order valence-electron chi connectivity index (χ4n) is 9.46. The molecule has 8 atom stereocenters. The topological polar surface area (TPSA) is 38.7 Å². The van der Waals surface area contributed by atoms with Crippen molar-refractivity contribution >= 4 is 16.6 Å². The Hall–Kier alpha value is -0.206. The van der Waals surface area contributed by atoms with Crippen molar-refractivity contribution in [3.05, 3.63) is 23.8 Å². The van der Waals surface area contributed by atoms with Gasteiger partial charge in [-0.2, -0.15) is 0 Å². The van der Waals surface area contributed by atoms with Crippen LogP contribution in [0.1, 0.15) is 127 Å². The van der Waals surface area contributed by atoms with E-state index in [1.165, 1.54) is 38.5 Å². The molecule has 3 fully saturated rings. The summed E-state index contributed by atoms with van der Waals surface area (Å²) in [4.78, 5) is 0. The van der Waals surface area contributed by atoms with Crippen LogP contribution in [0.2, 0.25) is 36.3 Å². The molecule has 4 aliphatic carbocycles. The number of rotatable bonds is 9. The molecule has 0 aromatic heterocycles. The third-order valence-corrected chi connectivity index (χ3v) is 23.3. The minimum atomic E-state index is -1.75. The standard InChI is InChI=1S/C38H70O3Si2/c1-34(2,3)42(10,11)40-26-16-14-15-23-38(9,39)33-20-19-31-30-18-17-28-27-29(41-43(12,13)35(4,5)6)21-24-36(28,7)32(30)22-25-37(31,33)8/h15,17,23,29-33,39H,14,16,18-22,24-27H2,1-13H3/b23-15-/t29?,30-,31-,32-,33-,36-,37-,38-/m0/s1. The van der Waals surface area contributed by atoms with Gasteiger partial charge in [-0.05, 0) is 142 Å². The summed E-state index contributed by atoms with van der Waals surface area (Å²) in [7, 11) is -3.44. The zero-order valence-electron chi connectivity index (χ0n) is 30.7. The third kappa shape index (κ3) is 6.92. The molecule has 1 N–H and O–H groups in total. The summed E-state index contributed by atoms with van der Waals surface area (Å²) >= 11 is 0. The van der Waals surface area contributed by atoms with Crippen LogP contribution in [-0.2, 0) is 8.85 Å². The van der Waals surface area contributed by atoms with Gasteiger partial charge in [-0.25, -0.2) is 0 Å². The quantitative estimate of drug-likeness (QED) is 0.156. The Morgan fingerprint density at radius 3 is 2.16 bits per heavy atom. The summed E-state index contributed by atoms with van der Waals surface area (Å²) in [6.45, 7) is 31.6. The molecule has 248 valence electrons. The second-order valence-corrected chi connectivity index (χ2v) is 28.6. The van der Waals surface area contributed by atoms with E-state index in [4.69, 9.17) is 8.85 Å². The van der Waals surface area contributed by atoms with Crippen molar-refractivity contribution in [3.63, 3.8) is 0 Å². The fraction of sp³-hybridized carbons (Fsp3) is 0.895. The average Bonchev–Trinajstić information content (AvgIpc) is 3.23. The molecule has 0 spiro atoms. The fourth-order valence-corrected chi connectivity index (χ4v) is 11.9. The van der Waals surface area contributed by atoms with Gasteiger partial charge in [0.25, 0.3) is 0 Å². The monoisotopic (exact) mass is 630 g/mol. The Labute approximate surface area is 269 Å². The molecular weight excluding hydrogens is 561 g/mol. The van der Waals surface area contributed by atoms with Gasteiger partial charge in [0.05, 0.1) is 5.60 Å². The molecular formula is C38H70O3Si2. The van der Waals surface area contributed by atoms with E-state index in [-0.39, 0.29) is 15.5 Å². The van der Waals surface area contributed by atoms with Gasteiger partial charge in [0.15, 0.2) is 16.6 Å². The molecule has 3 nitrogen and oxygen atoms in total. The van der Waals surface area contributed by atoms with E-state index in [9.17, 15) is 5.11 Å². The average molecular weight is 631 g/mol. The van der Waals surface area contributed by atoms with E-state index in [0.717, 1.165) is 50.0 Å². The zero-order valence-corrected chi connectivity index (χ0v) is 32.7. The van der Waals surface area contributed by atoms with Crippen molar-refractivity contribution in [1.82, 2.24) is 0 Å². The zero-order chi connectivity index (χ0) is 32.3. The lowest BCUT2D eigenvalue weighted by Gasteiger charge is -2.59. The predicted octanol–water partition coefficient (Wildman–Crippen LogP) is 11.1. The molecule has 4 aliphatic rings. The van der Waals surface area contributed by atoms with E-state index >= 15 is 0 Å². The van der Waals surface area contributed by atoms with Crippen LogP contribution in [0.15, 0.2) is 23.8 Å². The van der Waals surface area contributed by atoms with Gasteiger partial charge < -0.3 is 14.0 Å². The molecule has 5 heteroatoms. The molecule has 0 aliphatic heterocycles. The summed E-state index contributed by atoms with van der Waals surface area (Å²) in [6, 6.07) is 0. The molecule has 0 bridgehead atoms. The van der Waals surface area contributed by atoms with Crippen LogP contribution in [0.25, 0.3) is 0 Å². The van der Waals surface area contributed by atoms with Gasteiger partial charge in [0, 0.05) is 12.7 Å². The summed E-state index contributed by atoms with van der Waals surface area (Å²) in [5, 5.41) is 12.4. The van der Waals surface area contributed by atoms with Crippen molar-refractivity contribution in [2.45, 2.75) is 174 Å². The van der Waals surface area contributed by atoms with Crippen molar-refractivity contribution in [2.24, 2.45) is 34.5 Å². The number of aliphatic hydroxyl groups is 1. The maximum atomic E-state index is 11.9. The van der Waals surface area contributed by atoms with Crippen molar-refractivity contribution in [1.29, 1.82) is 0 Å². The summed E-state index contributed by atoms with van der Waals surface area (Å²) < 4.78 is 13.3. The van der Waals surface area contributed by atoms with Gasteiger partial charge in [0.2, 0.25) is 0 Å². The van der Waals surface area contributed by atoms with E-state index < -0.39 is 22.2 Å². The first-order valence-corrected chi connectivity index (χ1v) is 23.8. The van der Waals surface area contributed by atoms with Gasteiger partial charge in [-0.1, -0.05) is 79.2 Å². The van der Waals surface area contributed by atoms with Gasteiger partial charge >= 0.3 is 0 Å². The Morgan fingerprint density at radius 2 is 1.53 bits per heavy atom. The van der Waals surface area contributed by atoms with Crippen molar-refractivity contribution in [3.8, 4) is 0 Å². The molecule has 4 rings (SSSR count). The molecule has 0 amide bonds. The molecule has 43 heavy (non-hydrogen) atoms. The summed E-state index contributed by atoms with van der Waals surface area (Å²) in [5.41, 5.74) is 1.54. The van der Waals surface area contributed by atoms with Crippen LogP contribution in [-0.4, -0.2) is 40.1 Å². The van der Waals surface area contributed by atoms with Crippen molar-refractivity contribution < 1.29 is 14.0 Å². The smallest absolute Gasteiger partial charge is 0.192 e. The first-order chi connectivity index (χ1) is 19.6. The lowest BCUT2D eigenvalue weighted by molar-refractivity contribution is -0.0850. The maximum Gasteiger partial charge on any atom is 0.192 e. The number of hydrogen-bond acceptors (Lipinski definition) is 3. The highest BCUT2D eigenvalue weighted by Crippen LogP contribution is 2.67. The van der Waals surface area contributed by atoms with Crippen LogP contribution < -0.4 is 0 Å². The van der Waals surface area contributed by atoms with Gasteiger partial charge in [-0.3, -0.25) is 0 Å². The Kier molecular flexibility index (Phi) is 10.0. The third-order valence-electron chi connectivity index (χ3n) is 14.3. The SMILES string of the molecule is CC(C)(C)[Si](C)(C)OCCC/C=C\[C@](C)(O)[C@H]1CC[C@H]2[C@@H]3CC=C4CC(O[Si](C)(C)C(C)(C)C)CC[C@]4(C)[C@H]3CC[C@@]21C. The number of unbranched alkanes of at least 4 members (excludes halogenated alkanes) is 1. The van der Waals surface area contributed by atoms with E-state index in [0.29, 0.717) is 17.4 Å². The number of hydrogen-bond donors (Lipinski definition) is 1. The highest BCUT2D eigenvalue weighted by Gasteiger charge is 2.61. The van der Waals surface area contributed by atoms with Crippen LogP contribution in [0.3, 0.4) is 0 Å². The van der Waals surface area contributed by atoms with Crippen LogP contribution in [0.4, 0.5) is 0 Å². The highest BCUT2D eigenvalue weighted by molar-refractivity contribution is 6.74. The first-order valence-electron chi connectivity index (χ1n) is 18.0. The molecule has 0 aromatic rings. The van der Waals surface area contributed by atoms with Gasteiger partial charge in [-0.15, -0.1) is 0 Å². The minimum absolute atomic E-state index is 0.227. The van der Waals surface area contributed by atoms with E-state index in [2.05, 4.69) is 107 Å². The molecule has 0 radical (unpaired) electrons. The minimum Gasteiger partial charge on any atom is -0.417 e. The maximum absolute atomic E-state index is 11.9. The lowest BCUT2D eigenvalue weighted by Crippen LogP contribution is -2.53. The first kappa shape index (κ1) is 35.6. The second-order valence-electron chi connectivity index (χ2n) is 19.1. The predicted molar refractivity (Wildman–Crippen MR) is 189 cm³/mol.